The second-order valence-electron chi connectivity index (χ2n) is 8.94. The third-order valence-electron chi connectivity index (χ3n) is 6.71. The Balaban J connectivity index is 1.41. The molecule has 2 aromatic carbocycles. The van der Waals surface area contributed by atoms with Crippen LogP contribution in [0.1, 0.15) is 73.4 Å². The number of aryl methyl sites for hydroxylation is 3. The molecule has 168 valence electrons. The van der Waals surface area contributed by atoms with Crippen molar-refractivity contribution in [3.8, 4) is 0 Å². The fraction of sp³-hybridized carbons (Fsp3) is 0.444. The number of hydrogen-bond donors (Lipinski definition) is 1. The lowest BCUT2D eigenvalue weighted by atomic mass is 9.90. The SMILES string of the molecule is O=NC(CC(CCCCc1ccccc1)C(=O)O)c1ccc2c3c(oc2c1)CCCCC3. The van der Waals surface area contributed by atoms with Crippen molar-refractivity contribution in [3.05, 3.63) is 75.9 Å². The quantitative estimate of drug-likeness (QED) is 0.212. The van der Waals surface area contributed by atoms with Gasteiger partial charge in [-0.15, -0.1) is 0 Å². The van der Waals surface area contributed by atoms with E-state index in [1.807, 2.05) is 36.4 Å². The average molecular weight is 434 g/mol. The fourth-order valence-electron chi connectivity index (χ4n) is 4.88. The number of nitrogens with zero attached hydrogens (tertiary/aromatic N) is 1. The molecule has 0 amide bonds. The summed E-state index contributed by atoms with van der Waals surface area (Å²) in [7, 11) is 0. The van der Waals surface area contributed by atoms with Crippen LogP contribution < -0.4 is 0 Å². The van der Waals surface area contributed by atoms with Crippen molar-refractivity contribution in [1.82, 2.24) is 0 Å². The second-order valence-corrected chi connectivity index (χ2v) is 8.94. The zero-order chi connectivity index (χ0) is 22.3. The molecule has 0 radical (unpaired) electrons. The molecule has 1 N–H and O–H groups in total. The molecule has 1 aliphatic carbocycles. The minimum Gasteiger partial charge on any atom is -0.481 e. The molecule has 3 aromatic rings. The van der Waals surface area contributed by atoms with E-state index in [4.69, 9.17) is 4.42 Å². The zero-order valence-corrected chi connectivity index (χ0v) is 18.5. The van der Waals surface area contributed by atoms with Crippen LogP contribution in [-0.2, 0) is 24.1 Å². The van der Waals surface area contributed by atoms with Gasteiger partial charge in [0.1, 0.15) is 17.4 Å². The summed E-state index contributed by atoms with van der Waals surface area (Å²) in [5.41, 5.74) is 4.09. The summed E-state index contributed by atoms with van der Waals surface area (Å²) in [6.07, 6.45) is 8.96. The van der Waals surface area contributed by atoms with Crippen LogP contribution in [0.25, 0.3) is 11.0 Å². The Kier molecular flexibility index (Phi) is 7.35. The number of carboxylic acid groups (broad SMARTS) is 1. The van der Waals surface area contributed by atoms with Crippen LogP contribution in [0.15, 0.2) is 58.1 Å². The van der Waals surface area contributed by atoms with E-state index < -0.39 is 17.9 Å². The lowest BCUT2D eigenvalue weighted by Crippen LogP contribution is -2.16. The normalized spacial score (nSPS) is 15.6. The second kappa shape index (κ2) is 10.6. The Morgan fingerprint density at radius 3 is 2.62 bits per heavy atom. The Labute approximate surface area is 188 Å². The zero-order valence-electron chi connectivity index (χ0n) is 18.5. The predicted octanol–water partition coefficient (Wildman–Crippen LogP) is 7.01. The maximum absolute atomic E-state index is 11.9. The highest BCUT2D eigenvalue weighted by molar-refractivity contribution is 5.83. The molecule has 32 heavy (non-hydrogen) atoms. The van der Waals surface area contributed by atoms with Crippen molar-refractivity contribution in [3.63, 3.8) is 0 Å². The molecular formula is C27H31NO4. The van der Waals surface area contributed by atoms with Gasteiger partial charge in [-0.05, 0) is 62.1 Å². The predicted molar refractivity (Wildman–Crippen MR) is 126 cm³/mol. The molecular weight excluding hydrogens is 402 g/mol. The molecule has 0 bridgehead atoms. The first-order chi connectivity index (χ1) is 15.7. The minimum absolute atomic E-state index is 0.218. The summed E-state index contributed by atoms with van der Waals surface area (Å²) < 4.78 is 6.12. The van der Waals surface area contributed by atoms with Gasteiger partial charge >= 0.3 is 5.97 Å². The van der Waals surface area contributed by atoms with Gasteiger partial charge in [0, 0.05) is 17.4 Å². The highest BCUT2D eigenvalue weighted by Crippen LogP contribution is 2.35. The largest absolute Gasteiger partial charge is 0.481 e. The van der Waals surface area contributed by atoms with Crippen LogP contribution in [-0.4, -0.2) is 11.1 Å². The van der Waals surface area contributed by atoms with Gasteiger partial charge in [0.2, 0.25) is 0 Å². The van der Waals surface area contributed by atoms with E-state index in [1.54, 1.807) is 0 Å². The number of benzene rings is 2. The fourth-order valence-corrected chi connectivity index (χ4v) is 4.88. The summed E-state index contributed by atoms with van der Waals surface area (Å²) in [5, 5.41) is 14.1. The molecule has 0 aliphatic heterocycles. The summed E-state index contributed by atoms with van der Waals surface area (Å²) in [6, 6.07) is 15.4. The van der Waals surface area contributed by atoms with Gasteiger partial charge in [0.15, 0.2) is 0 Å². The van der Waals surface area contributed by atoms with Crippen molar-refractivity contribution in [2.24, 2.45) is 11.1 Å². The summed E-state index contributed by atoms with van der Waals surface area (Å²) in [6.45, 7) is 0. The first kappa shape index (κ1) is 22.3. The Morgan fingerprint density at radius 1 is 1.03 bits per heavy atom. The van der Waals surface area contributed by atoms with Gasteiger partial charge in [-0.1, -0.05) is 60.5 Å². The van der Waals surface area contributed by atoms with Crippen molar-refractivity contribution >= 4 is 16.9 Å². The van der Waals surface area contributed by atoms with Gasteiger partial charge in [-0.2, -0.15) is 4.91 Å². The first-order valence-electron chi connectivity index (χ1n) is 11.8. The van der Waals surface area contributed by atoms with Crippen molar-refractivity contribution in [2.45, 2.75) is 70.3 Å². The van der Waals surface area contributed by atoms with Gasteiger partial charge < -0.3 is 9.52 Å². The first-order valence-corrected chi connectivity index (χ1v) is 11.8. The Morgan fingerprint density at radius 2 is 1.84 bits per heavy atom. The topological polar surface area (TPSA) is 79.9 Å². The molecule has 0 fully saturated rings. The van der Waals surface area contributed by atoms with Gasteiger partial charge in [0.05, 0.1) is 5.92 Å². The van der Waals surface area contributed by atoms with Crippen molar-refractivity contribution in [1.29, 1.82) is 0 Å². The van der Waals surface area contributed by atoms with E-state index in [9.17, 15) is 14.8 Å². The number of fused-ring (bicyclic) bond motifs is 3. The Bertz CT molecular complexity index is 1060. The molecule has 0 saturated carbocycles. The molecule has 1 aliphatic rings. The summed E-state index contributed by atoms with van der Waals surface area (Å²) >= 11 is 0. The van der Waals surface area contributed by atoms with E-state index in [0.29, 0.717) is 6.42 Å². The molecule has 2 atom stereocenters. The van der Waals surface area contributed by atoms with Crippen LogP contribution in [0.3, 0.4) is 0 Å². The molecule has 2 unspecified atom stereocenters. The number of carbonyl (C=O) groups is 1. The smallest absolute Gasteiger partial charge is 0.306 e. The van der Waals surface area contributed by atoms with E-state index in [2.05, 4.69) is 17.3 Å². The van der Waals surface area contributed by atoms with E-state index in [0.717, 1.165) is 60.8 Å². The number of hydrogen-bond acceptors (Lipinski definition) is 4. The molecule has 1 aromatic heterocycles. The number of carboxylic acids is 1. The molecule has 0 spiro atoms. The lowest BCUT2D eigenvalue weighted by molar-refractivity contribution is -0.142. The maximum atomic E-state index is 11.9. The highest BCUT2D eigenvalue weighted by atomic mass is 16.4. The van der Waals surface area contributed by atoms with Crippen LogP contribution in [0.4, 0.5) is 0 Å². The highest BCUT2D eigenvalue weighted by Gasteiger charge is 2.25. The number of rotatable bonds is 10. The van der Waals surface area contributed by atoms with Gasteiger partial charge in [-0.3, -0.25) is 4.79 Å². The molecule has 1 heterocycles. The van der Waals surface area contributed by atoms with Crippen LogP contribution >= 0.6 is 0 Å². The summed E-state index contributed by atoms with van der Waals surface area (Å²) in [5.74, 6) is -0.381. The van der Waals surface area contributed by atoms with Gasteiger partial charge in [-0.25, -0.2) is 0 Å². The molecule has 5 heteroatoms. The van der Waals surface area contributed by atoms with Gasteiger partial charge in [0.25, 0.3) is 0 Å². The monoisotopic (exact) mass is 433 g/mol. The van der Waals surface area contributed by atoms with Crippen molar-refractivity contribution in [2.75, 3.05) is 0 Å². The minimum atomic E-state index is -0.857. The van der Waals surface area contributed by atoms with Crippen LogP contribution in [0.5, 0.6) is 0 Å². The van der Waals surface area contributed by atoms with Crippen LogP contribution in [0, 0.1) is 10.8 Å². The third kappa shape index (κ3) is 5.26. The average Bonchev–Trinajstić information content (AvgIpc) is 2.98. The molecule has 4 rings (SSSR count). The number of nitroso groups, excluding NO2 is 1. The molecule has 0 saturated heterocycles. The number of unbranched alkanes of at least 4 members (excludes halogenated alkanes) is 1. The lowest BCUT2D eigenvalue weighted by Gasteiger charge is -2.16. The van der Waals surface area contributed by atoms with E-state index in [1.165, 1.54) is 24.0 Å². The Hall–Kier alpha value is -2.95. The standard InChI is InChI=1S/C27H31NO4/c29-27(30)21(12-8-7-11-19-9-3-1-4-10-19)17-24(28-31)20-15-16-23-22-13-5-2-6-14-25(22)32-26(23)18-20/h1,3-4,9-10,15-16,18,21,24H,2,5-8,11-14,17H2,(H,29,30). The molecule has 5 nitrogen and oxygen atoms in total. The number of aliphatic carboxylic acids is 1. The van der Waals surface area contributed by atoms with E-state index in [-0.39, 0.29) is 6.42 Å². The number of furan rings is 1. The van der Waals surface area contributed by atoms with E-state index >= 15 is 0 Å². The summed E-state index contributed by atoms with van der Waals surface area (Å²) in [4.78, 5) is 23.5. The maximum Gasteiger partial charge on any atom is 0.306 e. The third-order valence-corrected chi connectivity index (χ3v) is 6.71. The van der Waals surface area contributed by atoms with Crippen LogP contribution in [0.2, 0.25) is 0 Å². The van der Waals surface area contributed by atoms with Crippen molar-refractivity contribution < 1.29 is 14.3 Å².